The van der Waals surface area contributed by atoms with Crippen molar-refractivity contribution in [3.05, 3.63) is 24.0 Å². The third-order valence-electron chi connectivity index (χ3n) is 2.95. The van der Waals surface area contributed by atoms with Gasteiger partial charge in [-0.05, 0) is 30.9 Å². The zero-order valence-electron chi connectivity index (χ0n) is 12.1. The van der Waals surface area contributed by atoms with Gasteiger partial charge in [-0.1, -0.05) is 13.0 Å². The Labute approximate surface area is 116 Å². The number of hydrogen-bond donors (Lipinski definition) is 0. The van der Waals surface area contributed by atoms with Crippen molar-refractivity contribution in [2.45, 2.75) is 19.8 Å². The Morgan fingerprint density at radius 1 is 1.05 bits per heavy atom. The van der Waals surface area contributed by atoms with Gasteiger partial charge in [-0.15, -0.1) is 0 Å². The summed E-state index contributed by atoms with van der Waals surface area (Å²) in [5, 5.41) is 0. The number of ether oxygens (including phenoxy) is 4. The maximum Gasteiger partial charge on any atom is 0.115 e. The van der Waals surface area contributed by atoms with E-state index in [0.29, 0.717) is 45.6 Å². The van der Waals surface area contributed by atoms with Crippen LogP contribution in [0.5, 0.6) is 0 Å². The molecule has 110 valence electrons. The van der Waals surface area contributed by atoms with Gasteiger partial charge in [-0.25, -0.2) is 0 Å². The fourth-order valence-electron chi connectivity index (χ4n) is 1.78. The van der Waals surface area contributed by atoms with Crippen LogP contribution in [0, 0.1) is 5.92 Å². The molecule has 0 fully saturated rings. The molecular formula is C15H26O4. The molecule has 0 bridgehead atoms. The van der Waals surface area contributed by atoms with Crippen LogP contribution in [0.15, 0.2) is 24.0 Å². The molecule has 0 aromatic heterocycles. The second kappa shape index (κ2) is 11.0. The summed E-state index contributed by atoms with van der Waals surface area (Å²) in [6, 6.07) is 0. The largest absolute Gasteiger partial charge is 0.492 e. The van der Waals surface area contributed by atoms with Gasteiger partial charge in [-0.2, -0.15) is 0 Å². The third-order valence-corrected chi connectivity index (χ3v) is 2.95. The van der Waals surface area contributed by atoms with Crippen molar-refractivity contribution < 1.29 is 18.9 Å². The van der Waals surface area contributed by atoms with E-state index in [9.17, 15) is 0 Å². The van der Waals surface area contributed by atoms with E-state index in [1.807, 2.05) is 6.08 Å². The Morgan fingerprint density at radius 3 is 2.42 bits per heavy atom. The quantitative estimate of drug-likeness (QED) is 0.541. The SMILES string of the molecule is CCC1C=C(OCCOCCOCCOC)C=CC1. The van der Waals surface area contributed by atoms with Gasteiger partial charge < -0.3 is 18.9 Å². The fourth-order valence-corrected chi connectivity index (χ4v) is 1.78. The molecule has 0 aromatic carbocycles. The normalized spacial score (nSPS) is 18.4. The molecular weight excluding hydrogens is 244 g/mol. The summed E-state index contributed by atoms with van der Waals surface area (Å²) in [6.07, 6.45) is 8.70. The van der Waals surface area contributed by atoms with Gasteiger partial charge in [0.05, 0.1) is 33.0 Å². The molecule has 4 nitrogen and oxygen atoms in total. The summed E-state index contributed by atoms with van der Waals surface area (Å²) < 4.78 is 21.2. The van der Waals surface area contributed by atoms with Crippen LogP contribution in [0.2, 0.25) is 0 Å². The molecule has 0 N–H and O–H groups in total. The summed E-state index contributed by atoms with van der Waals surface area (Å²) in [7, 11) is 1.66. The van der Waals surface area contributed by atoms with Crippen molar-refractivity contribution in [1.82, 2.24) is 0 Å². The van der Waals surface area contributed by atoms with Crippen molar-refractivity contribution in [2.75, 3.05) is 46.8 Å². The minimum Gasteiger partial charge on any atom is -0.492 e. The van der Waals surface area contributed by atoms with Crippen molar-refractivity contribution >= 4 is 0 Å². The molecule has 0 radical (unpaired) electrons. The summed E-state index contributed by atoms with van der Waals surface area (Å²) in [6.45, 7) is 5.82. The lowest BCUT2D eigenvalue weighted by Gasteiger charge is -2.15. The summed E-state index contributed by atoms with van der Waals surface area (Å²) >= 11 is 0. The first-order valence-corrected chi connectivity index (χ1v) is 7.02. The lowest BCUT2D eigenvalue weighted by molar-refractivity contribution is 0.0127. The van der Waals surface area contributed by atoms with E-state index in [0.717, 1.165) is 18.6 Å². The highest BCUT2D eigenvalue weighted by atomic mass is 16.6. The Balaban J connectivity index is 1.93. The first-order chi connectivity index (χ1) is 9.36. The number of rotatable bonds is 11. The Morgan fingerprint density at radius 2 is 1.74 bits per heavy atom. The molecule has 4 heteroatoms. The lowest BCUT2D eigenvalue weighted by Crippen LogP contribution is -2.11. The van der Waals surface area contributed by atoms with Crippen LogP contribution < -0.4 is 0 Å². The second-order valence-electron chi connectivity index (χ2n) is 4.44. The predicted octanol–water partition coefficient (Wildman–Crippen LogP) is 2.55. The maximum atomic E-state index is 5.65. The van der Waals surface area contributed by atoms with E-state index in [4.69, 9.17) is 18.9 Å². The zero-order chi connectivity index (χ0) is 13.8. The predicted molar refractivity (Wildman–Crippen MR) is 75.1 cm³/mol. The molecule has 1 unspecified atom stereocenters. The van der Waals surface area contributed by atoms with E-state index in [1.165, 1.54) is 0 Å². The van der Waals surface area contributed by atoms with Gasteiger partial charge >= 0.3 is 0 Å². The molecule has 1 aliphatic carbocycles. The van der Waals surface area contributed by atoms with Gasteiger partial charge in [0, 0.05) is 7.11 Å². The first-order valence-electron chi connectivity index (χ1n) is 7.02. The molecule has 0 heterocycles. The standard InChI is InChI=1S/C15H26O4/c1-3-14-5-4-6-15(13-14)19-12-11-18-10-9-17-8-7-16-2/h4,6,13-14H,3,5,7-12H2,1-2H3. The van der Waals surface area contributed by atoms with E-state index in [2.05, 4.69) is 19.1 Å². The minimum absolute atomic E-state index is 0.588. The summed E-state index contributed by atoms with van der Waals surface area (Å²) in [5.74, 6) is 1.59. The Hall–Kier alpha value is -0.840. The molecule has 1 aliphatic rings. The van der Waals surface area contributed by atoms with Crippen LogP contribution in [0.25, 0.3) is 0 Å². The number of allylic oxidation sites excluding steroid dienone is 3. The van der Waals surface area contributed by atoms with Gasteiger partial charge in [0.25, 0.3) is 0 Å². The third kappa shape index (κ3) is 8.03. The topological polar surface area (TPSA) is 36.9 Å². The van der Waals surface area contributed by atoms with Crippen LogP contribution in [0.3, 0.4) is 0 Å². The fraction of sp³-hybridized carbons (Fsp3) is 0.733. The number of methoxy groups -OCH3 is 1. The van der Waals surface area contributed by atoms with E-state index in [1.54, 1.807) is 7.11 Å². The van der Waals surface area contributed by atoms with Crippen LogP contribution >= 0.6 is 0 Å². The second-order valence-corrected chi connectivity index (χ2v) is 4.44. The molecule has 0 saturated heterocycles. The highest BCUT2D eigenvalue weighted by Gasteiger charge is 2.07. The Bertz CT molecular complexity index is 273. The molecule has 1 rings (SSSR count). The highest BCUT2D eigenvalue weighted by Crippen LogP contribution is 2.19. The zero-order valence-corrected chi connectivity index (χ0v) is 12.1. The van der Waals surface area contributed by atoms with Crippen LogP contribution in [0.4, 0.5) is 0 Å². The van der Waals surface area contributed by atoms with Crippen LogP contribution in [-0.4, -0.2) is 46.8 Å². The average Bonchev–Trinajstić information content (AvgIpc) is 2.46. The molecule has 0 saturated carbocycles. The lowest BCUT2D eigenvalue weighted by atomic mass is 9.97. The maximum absolute atomic E-state index is 5.65. The first kappa shape index (κ1) is 16.2. The number of hydrogen-bond acceptors (Lipinski definition) is 4. The summed E-state index contributed by atoms with van der Waals surface area (Å²) in [5.41, 5.74) is 0. The van der Waals surface area contributed by atoms with Gasteiger partial charge in [-0.3, -0.25) is 0 Å². The van der Waals surface area contributed by atoms with Crippen molar-refractivity contribution in [3.8, 4) is 0 Å². The van der Waals surface area contributed by atoms with Crippen LogP contribution in [-0.2, 0) is 18.9 Å². The van der Waals surface area contributed by atoms with Crippen molar-refractivity contribution in [1.29, 1.82) is 0 Å². The van der Waals surface area contributed by atoms with Gasteiger partial charge in [0.15, 0.2) is 0 Å². The van der Waals surface area contributed by atoms with Gasteiger partial charge in [0.2, 0.25) is 0 Å². The highest BCUT2D eigenvalue weighted by molar-refractivity contribution is 5.18. The summed E-state index contributed by atoms with van der Waals surface area (Å²) in [4.78, 5) is 0. The Kier molecular flexibility index (Phi) is 9.41. The van der Waals surface area contributed by atoms with Crippen molar-refractivity contribution in [2.24, 2.45) is 5.92 Å². The van der Waals surface area contributed by atoms with Crippen LogP contribution in [0.1, 0.15) is 19.8 Å². The smallest absolute Gasteiger partial charge is 0.115 e. The molecule has 0 aromatic rings. The molecule has 1 atom stereocenters. The molecule has 0 spiro atoms. The molecule has 0 aliphatic heterocycles. The monoisotopic (exact) mass is 270 g/mol. The minimum atomic E-state index is 0.588. The van der Waals surface area contributed by atoms with E-state index < -0.39 is 0 Å². The van der Waals surface area contributed by atoms with E-state index in [-0.39, 0.29) is 0 Å². The average molecular weight is 270 g/mol. The molecule has 0 amide bonds. The van der Waals surface area contributed by atoms with Gasteiger partial charge in [0.1, 0.15) is 12.4 Å². The van der Waals surface area contributed by atoms with E-state index >= 15 is 0 Å². The molecule has 19 heavy (non-hydrogen) atoms. The van der Waals surface area contributed by atoms with Crippen molar-refractivity contribution in [3.63, 3.8) is 0 Å².